The van der Waals surface area contributed by atoms with Crippen LogP contribution in [-0.4, -0.2) is 82.1 Å². The molecule has 0 aliphatic carbocycles. The molecule has 2 aliphatic rings. The maximum atomic E-state index is 12.6. The molecule has 146 valence electrons. The number of nitrogens with zero attached hydrogens (tertiary/aromatic N) is 5. The summed E-state index contributed by atoms with van der Waals surface area (Å²) in [5.41, 5.74) is 1.30. The summed E-state index contributed by atoms with van der Waals surface area (Å²) in [7, 11) is 0. The average molecular weight is 381 g/mol. The number of carbonyl (C=O) groups excluding carboxylic acids is 2. The zero-order valence-electron chi connectivity index (χ0n) is 15.6. The zero-order valence-corrected chi connectivity index (χ0v) is 15.6. The molecule has 8 nitrogen and oxygen atoms in total. The molecule has 1 fully saturated rings. The van der Waals surface area contributed by atoms with E-state index < -0.39 is 6.10 Å². The number of piperazine rings is 1. The van der Waals surface area contributed by atoms with Crippen molar-refractivity contribution >= 4 is 17.8 Å². The summed E-state index contributed by atoms with van der Waals surface area (Å²) in [6.45, 7) is 3.51. The first-order valence-electron chi connectivity index (χ1n) is 9.47. The summed E-state index contributed by atoms with van der Waals surface area (Å²) < 4.78 is 0. The second kappa shape index (κ2) is 8.04. The number of carbonyl (C=O) groups is 2. The van der Waals surface area contributed by atoms with Crippen molar-refractivity contribution in [3.8, 4) is 0 Å². The molecule has 0 bridgehead atoms. The van der Waals surface area contributed by atoms with Gasteiger partial charge in [0.15, 0.2) is 0 Å². The van der Waals surface area contributed by atoms with Gasteiger partial charge in [0.25, 0.3) is 5.91 Å². The van der Waals surface area contributed by atoms with E-state index in [1.165, 1.54) is 4.90 Å². The summed E-state index contributed by atoms with van der Waals surface area (Å²) in [4.78, 5) is 38.9. The molecule has 1 aromatic carbocycles. The first-order valence-corrected chi connectivity index (χ1v) is 9.47. The summed E-state index contributed by atoms with van der Waals surface area (Å²) in [5.74, 6) is 0.136. The molecular weight excluding hydrogens is 358 g/mol. The van der Waals surface area contributed by atoms with Gasteiger partial charge in [-0.15, -0.1) is 0 Å². The van der Waals surface area contributed by atoms with E-state index in [0.717, 1.165) is 31.7 Å². The highest BCUT2D eigenvalue weighted by molar-refractivity contribution is 6.09. The number of fused-ring (bicyclic) bond motifs is 1. The van der Waals surface area contributed by atoms with Crippen molar-refractivity contribution < 1.29 is 14.7 Å². The number of benzene rings is 1. The van der Waals surface area contributed by atoms with Crippen LogP contribution in [0.5, 0.6) is 0 Å². The molecule has 28 heavy (non-hydrogen) atoms. The highest BCUT2D eigenvalue weighted by Crippen LogP contribution is 2.20. The Hall–Kier alpha value is -2.84. The van der Waals surface area contributed by atoms with Crippen LogP contribution in [0.25, 0.3) is 0 Å². The third kappa shape index (κ3) is 3.88. The molecule has 8 heteroatoms. The highest BCUT2D eigenvalue weighted by atomic mass is 16.3. The maximum Gasteiger partial charge on any atom is 0.260 e. The fourth-order valence-corrected chi connectivity index (χ4v) is 3.74. The first kappa shape index (κ1) is 18.5. The Labute approximate surface area is 163 Å². The number of aromatic nitrogens is 2. The van der Waals surface area contributed by atoms with E-state index >= 15 is 0 Å². The Morgan fingerprint density at radius 2 is 1.68 bits per heavy atom. The van der Waals surface area contributed by atoms with Crippen LogP contribution in [0.1, 0.15) is 15.9 Å². The molecule has 2 amide bonds. The number of hydrogen-bond acceptors (Lipinski definition) is 7. The maximum absolute atomic E-state index is 12.6. The van der Waals surface area contributed by atoms with E-state index in [1.54, 1.807) is 36.7 Å². The van der Waals surface area contributed by atoms with E-state index in [9.17, 15) is 14.7 Å². The second-order valence-corrected chi connectivity index (χ2v) is 7.13. The third-order valence-corrected chi connectivity index (χ3v) is 5.21. The smallest absolute Gasteiger partial charge is 0.260 e. The monoisotopic (exact) mass is 381 g/mol. The predicted octanol–water partition coefficient (Wildman–Crippen LogP) is 0.185. The van der Waals surface area contributed by atoms with Crippen LogP contribution in [0.3, 0.4) is 0 Å². The molecule has 0 radical (unpaired) electrons. The molecule has 1 N–H and O–H groups in total. The standard InChI is InChI=1S/C20H23N5O3/c26-16(13-23-8-10-24(11-9-23)20-21-6-3-7-22-20)14-25-18(27)12-15-4-1-2-5-17(15)19(25)28/h1-7,16,26H,8-14H2. The van der Waals surface area contributed by atoms with Gasteiger partial charge in [-0.05, 0) is 17.7 Å². The van der Waals surface area contributed by atoms with Crippen LogP contribution in [0.2, 0.25) is 0 Å². The van der Waals surface area contributed by atoms with E-state index in [4.69, 9.17) is 0 Å². The predicted molar refractivity (Wildman–Crippen MR) is 103 cm³/mol. The minimum absolute atomic E-state index is 0.0218. The average Bonchev–Trinajstić information content (AvgIpc) is 2.72. The van der Waals surface area contributed by atoms with Crippen molar-refractivity contribution in [2.24, 2.45) is 0 Å². The largest absolute Gasteiger partial charge is 0.390 e. The van der Waals surface area contributed by atoms with Crippen LogP contribution in [0.4, 0.5) is 5.95 Å². The van der Waals surface area contributed by atoms with E-state index in [2.05, 4.69) is 19.8 Å². The van der Waals surface area contributed by atoms with Crippen LogP contribution in [-0.2, 0) is 11.2 Å². The molecule has 2 aromatic rings. The highest BCUT2D eigenvalue weighted by Gasteiger charge is 2.32. The third-order valence-electron chi connectivity index (χ3n) is 5.21. The lowest BCUT2D eigenvalue weighted by Crippen LogP contribution is -2.52. The minimum Gasteiger partial charge on any atom is -0.390 e. The number of rotatable bonds is 5. The van der Waals surface area contributed by atoms with E-state index in [-0.39, 0.29) is 24.8 Å². The van der Waals surface area contributed by atoms with Crippen LogP contribution >= 0.6 is 0 Å². The fourth-order valence-electron chi connectivity index (χ4n) is 3.74. The van der Waals surface area contributed by atoms with Gasteiger partial charge < -0.3 is 10.0 Å². The Kier molecular flexibility index (Phi) is 5.31. The van der Waals surface area contributed by atoms with Gasteiger partial charge in [-0.2, -0.15) is 0 Å². The summed E-state index contributed by atoms with van der Waals surface area (Å²) in [6, 6.07) is 8.93. The molecule has 1 unspecified atom stereocenters. The fraction of sp³-hybridized carbons (Fsp3) is 0.400. The quantitative estimate of drug-likeness (QED) is 0.739. The van der Waals surface area contributed by atoms with Gasteiger partial charge >= 0.3 is 0 Å². The summed E-state index contributed by atoms with van der Waals surface area (Å²) in [5, 5.41) is 10.5. The summed E-state index contributed by atoms with van der Waals surface area (Å²) in [6.07, 6.45) is 2.87. The number of aliphatic hydroxyl groups is 1. The lowest BCUT2D eigenvalue weighted by atomic mass is 9.98. The molecule has 4 rings (SSSR count). The van der Waals surface area contributed by atoms with Crippen molar-refractivity contribution in [2.75, 3.05) is 44.2 Å². The van der Waals surface area contributed by atoms with Gasteiger partial charge in [-0.25, -0.2) is 9.97 Å². The topological polar surface area (TPSA) is 89.9 Å². The van der Waals surface area contributed by atoms with Crippen molar-refractivity contribution in [1.82, 2.24) is 19.8 Å². The first-order chi connectivity index (χ1) is 13.6. The molecule has 3 heterocycles. The normalized spacial score (nSPS) is 18.9. The molecular formula is C20H23N5O3. The van der Waals surface area contributed by atoms with Gasteiger partial charge in [0.1, 0.15) is 0 Å². The lowest BCUT2D eigenvalue weighted by molar-refractivity contribution is -0.129. The molecule has 2 aliphatic heterocycles. The molecule has 1 aromatic heterocycles. The number of amides is 2. The zero-order chi connectivity index (χ0) is 19.5. The van der Waals surface area contributed by atoms with Crippen molar-refractivity contribution in [3.63, 3.8) is 0 Å². The Balaban J connectivity index is 1.31. The van der Waals surface area contributed by atoms with Crippen molar-refractivity contribution in [3.05, 3.63) is 53.9 Å². The number of hydrogen-bond donors (Lipinski definition) is 1. The number of anilines is 1. The van der Waals surface area contributed by atoms with Gasteiger partial charge in [-0.3, -0.25) is 19.4 Å². The van der Waals surface area contributed by atoms with Crippen molar-refractivity contribution in [1.29, 1.82) is 0 Å². The van der Waals surface area contributed by atoms with E-state index in [0.29, 0.717) is 18.1 Å². The number of imide groups is 1. The van der Waals surface area contributed by atoms with Crippen LogP contribution in [0.15, 0.2) is 42.7 Å². The second-order valence-electron chi connectivity index (χ2n) is 7.13. The Bertz CT molecular complexity index is 852. The van der Waals surface area contributed by atoms with Gasteiger partial charge in [0.05, 0.1) is 19.1 Å². The lowest BCUT2D eigenvalue weighted by Gasteiger charge is -2.36. The SMILES string of the molecule is O=C1Cc2ccccc2C(=O)N1CC(O)CN1CCN(c2ncccn2)CC1. The van der Waals surface area contributed by atoms with Gasteiger partial charge in [-0.1, -0.05) is 18.2 Å². The van der Waals surface area contributed by atoms with Crippen LogP contribution in [0, 0.1) is 0 Å². The minimum atomic E-state index is -0.780. The van der Waals surface area contributed by atoms with Gasteiger partial charge in [0, 0.05) is 50.7 Å². The number of β-amino-alcohol motifs (C(OH)–C–C–N with tert-alkyl or cyclic N) is 1. The number of aliphatic hydroxyl groups excluding tert-OH is 1. The van der Waals surface area contributed by atoms with Crippen LogP contribution < -0.4 is 4.90 Å². The molecule has 1 atom stereocenters. The van der Waals surface area contributed by atoms with E-state index in [1.807, 2.05) is 6.07 Å². The molecule has 0 spiro atoms. The van der Waals surface area contributed by atoms with Crippen molar-refractivity contribution in [2.45, 2.75) is 12.5 Å². The molecule has 0 saturated carbocycles. The summed E-state index contributed by atoms with van der Waals surface area (Å²) >= 11 is 0. The molecule has 1 saturated heterocycles. The van der Waals surface area contributed by atoms with Gasteiger partial charge in [0.2, 0.25) is 11.9 Å². The Morgan fingerprint density at radius 1 is 0.964 bits per heavy atom. The Morgan fingerprint density at radius 3 is 2.43 bits per heavy atom.